The van der Waals surface area contributed by atoms with E-state index in [2.05, 4.69) is 0 Å². The van der Waals surface area contributed by atoms with Crippen molar-refractivity contribution in [2.45, 2.75) is 12.8 Å². The van der Waals surface area contributed by atoms with Crippen LogP contribution in [-0.4, -0.2) is 30.1 Å². The first-order valence-corrected chi connectivity index (χ1v) is 5.52. The topological polar surface area (TPSA) is 98.9 Å². The van der Waals surface area contributed by atoms with E-state index in [4.69, 9.17) is 20.3 Å². The van der Waals surface area contributed by atoms with Gasteiger partial charge in [-0.05, 0) is 6.07 Å². The van der Waals surface area contributed by atoms with Crippen LogP contribution >= 0.6 is 0 Å². The lowest BCUT2D eigenvalue weighted by molar-refractivity contribution is -0.136. The maximum atomic E-state index is 11.8. The maximum Gasteiger partial charge on any atom is 0.303 e. The lowest BCUT2D eigenvalue weighted by Gasteiger charge is -2.19. The molecule has 3 N–H and O–H groups in total. The summed E-state index contributed by atoms with van der Waals surface area (Å²) >= 11 is 0. The van der Waals surface area contributed by atoms with E-state index in [-0.39, 0.29) is 29.9 Å². The molecule has 18 heavy (non-hydrogen) atoms. The zero-order valence-electron chi connectivity index (χ0n) is 9.64. The van der Waals surface area contributed by atoms with Gasteiger partial charge >= 0.3 is 5.97 Å². The molecular weight excluding hydrogens is 238 g/mol. The molecule has 1 aromatic rings. The third kappa shape index (κ3) is 2.53. The van der Waals surface area contributed by atoms with Crippen LogP contribution in [0.4, 0.5) is 5.69 Å². The highest BCUT2D eigenvalue weighted by Gasteiger charge is 2.18. The van der Waals surface area contributed by atoms with E-state index in [1.54, 1.807) is 0 Å². The number of carbonyl (C=O) groups is 2. The van der Waals surface area contributed by atoms with Crippen LogP contribution in [0.5, 0.6) is 11.5 Å². The molecule has 0 atom stereocenters. The number of hydrogen-bond donors (Lipinski definition) is 2. The highest BCUT2D eigenvalue weighted by atomic mass is 16.6. The molecule has 2 rings (SSSR count). The lowest BCUT2D eigenvalue weighted by Crippen LogP contribution is -2.17. The average molecular weight is 251 g/mol. The molecule has 0 spiro atoms. The molecule has 0 saturated heterocycles. The van der Waals surface area contributed by atoms with Crippen LogP contribution in [0, 0.1) is 0 Å². The molecule has 6 nitrogen and oxygen atoms in total. The smallest absolute Gasteiger partial charge is 0.303 e. The highest BCUT2D eigenvalue weighted by Crippen LogP contribution is 2.34. The van der Waals surface area contributed by atoms with Crippen molar-refractivity contribution in [1.29, 1.82) is 0 Å². The summed E-state index contributed by atoms with van der Waals surface area (Å²) in [6.07, 6.45) is -0.300. The number of carbonyl (C=O) groups excluding carboxylic acids is 1. The zero-order valence-corrected chi connectivity index (χ0v) is 9.64. The number of ketones is 1. The van der Waals surface area contributed by atoms with Crippen molar-refractivity contribution >= 4 is 17.4 Å². The number of rotatable bonds is 4. The number of fused-ring (bicyclic) bond motifs is 1. The Labute approximate surface area is 103 Å². The standard InChI is InChI=1S/C12H13NO5/c13-8-6-11-10(17-3-4-18-11)5-7(8)9(14)1-2-12(15)16/h5-6H,1-4,13H2,(H,15,16). The SMILES string of the molecule is Nc1cc2c(cc1C(=O)CCC(=O)O)OCCO2. The summed E-state index contributed by atoms with van der Waals surface area (Å²) in [4.78, 5) is 22.2. The Kier molecular flexibility index (Phi) is 3.36. The fourth-order valence-electron chi connectivity index (χ4n) is 1.70. The van der Waals surface area contributed by atoms with E-state index in [1.807, 2.05) is 0 Å². The second-order valence-corrected chi connectivity index (χ2v) is 3.90. The molecule has 1 aliphatic rings. The summed E-state index contributed by atoms with van der Waals surface area (Å²) in [5.74, 6) is -0.353. The lowest BCUT2D eigenvalue weighted by atomic mass is 10.0. The van der Waals surface area contributed by atoms with Gasteiger partial charge in [-0.25, -0.2) is 0 Å². The molecule has 1 aromatic carbocycles. The summed E-state index contributed by atoms with van der Waals surface area (Å²) in [5, 5.41) is 8.54. The van der Waals surface area contributed by atoms with Crippen LogP contribution in [0.1, 0.15) is 23.2 Å². The molecule has 0 unspecified atom stereocenters. The van der Waals surface area contributed by atoms with Crippen molar-refractivity contribution in [1.82, 2.24) is 0 Å². The molecule has 0 bridgehead atoms. The van der Waals surface area contributed by atoms with Crippen LogP contribution in [0.25, 0.3) is 0 Å². The van der Waals surface area contributed by atoms with Gasteiger partial charge in [-0.2, -0.15) is 0 Å². The third-order valence-electron chi connectivity index (χ3n) is 2.58. The quantitative estimate of drug-likeness (QED) is 0.613. The molecular formula is C12H13NO5. The van der Waals surface area contributed by atoms with Crippen molar-refractivity contribution < 1.29 is 24.2 Å². The molecule has 6 heteroatoms. The Morgan fingerprint density at radius 3 is 2.39 bits per heavy atom. The molecule has 1 heterocycles. The van der Waals surface area contributed by atoms with Crippen LogP contribution in [0.15, 0.2) is 12.1 Å². The van der Waals surface area contributed by atoms with Gasteiger partial charge in [-0.3, -0.25) is 9.59 Å². The normalized spacial score (nSPS) is 13.1. The van der Waals surface area contributed by atoms with Crippen LogP contribution in [0.2, 0.25) is 0 Å². The number of carboxylic acid groups (broad SMARTS) is 1. The van der Waals surface area contributed by atoms with Crippen LogP contribution < -0.4 is 15.2 Å². The van der Waals surface area contributed by atoms with Crippen LogP contribution in [-0.2, 0) is 4.79 Å². The first-order chi connectivity index (χ1) is 8.58. The van der Waals surface area contributed by atoms with Crippen molar-refractivity contribution in [2.75, 3.05) is 18.9 Å². The van der Waals surface area contributed by atoms with Crippen LogP contribution in [0.3, 0.4) is 0 Å². The van der Waals surface area contributed by atoms with Crippen molar-refractivity contribution in [3.05, 3.63) is 17.7 Å². The number of Topliss-reactive ketones (excluding diaryl/α,β-unsaturated/α-hetero) is 1. The maximum absolute atomic E-state index is 11.8. The first-order valence-electron chi connectivity index (χ1n) is 5.52. The number of nitrogens with two attached hydrogens (primary N) is 1. The van der Waals surface area contributed by atoms with Gasteiger partial charge in [0.25, 0.3) is 0 Å². The second-order valence-electron chi connectivity index (χ2n) is 3.90. The minimum atomic E-state index is -1.01. The number of benzene rings is 1. The summed E-state index contributed by atoms with van der Waals surface area (Å²) in [5.41, 5.74) is 6.30. The minimum absolute atomic E-state index is 0.0841. The fourth-order valence-corrected chi connectivity index (χ4v) is 1.70. The molecule has 0 saturated carbocycles. The second kappa shape index (κ2) is 4.95. The number of anilines is 1. The van der Waals surface area contributed by atoms with Gasteiger partial charge in [-0.1, -0.05) is 0 Å². The van der Waals surface area contributed by atoms with Gasteiger partial charge in [0, 0.05) is 23.7 Å². The Morgan fingerprint density at radius 2 is 1.78 bits per heavy atom. The van der Waals surface area contributed by atoms with E-state index in [0.29, 0.717) is 24.7 Å². The van der Waals surface area contributed by atoms with Gasteiger partial charge in [0.15, 0.2) is 17.3 Å². The van der Waals surface area contributed by atoms with E-state index < -0.39 is 5.97 Å². The summed E-state index contributed by atoms with van der Waals surface area (Å²) in [6, 6.07) is 3.04. The van der Waals surface area contributed by atoms with E-state index in [1.165, 1.54) is 12.1 Å². The molecule has 0 aromatic heterocycles. The molecule has 1 aliphatic heterocycles. The number of ether oxygens (including phenoxy) is 2. The van der Waals surface area contributed by atoms with E-state index >= 15 is 0 Å². The van der Waals surface area contributed by atoms with Gasteiger partial charge in [0.2, 0.25) is 0 Å². The highest BCUT2D eigenvalue weighted by molar-refractivity contribution is 6.02. The zero-order chi connectivity index (χ0) is 13.1. The molecule has 0 amide bonds. The fraction of sp³-hybridized carbons (Fsp3) is 0.333. The molecule has 96 valence electrons. The van der Waals surface area contributed by atoms with Crippen molar-refractivity contribution in [2.24, 2.45) is 0 Å². The molecule has 0 fully saturated rings. The van der Waals surface area contributed by atoms with Crippen molar-refractivity contribution in [3.63, 3.8) is 0 Å². The predicted octanol–water partition coefficient (Wildman–Crippen LogP) is 1.09. The molecule has 0 radical (unpaired) electrons. The van der Waals surface area contributed by atoms with E-state index in [9.17, 15) is 9.59 Å². The largest absolute Gasteiger partial charge is 0.486 e. The Balaban J connectivity index is 2.22. The first kappa shape index (κ1) is 12.2. The van der Waals surface area contributed by atoms with E-state index in [0.717, 1.165) is 0 Å². The Hall–Kier alpha value is -2.24. The minimum Gasteiger partial charge on any atom is -0.486 e. The monoisotopic (exact) mass is 251 g/mol. The van der Waals surface area contributed by atoms with Gasteiger partial charge in [0.05, 0.1) is 6.42 Å². The summed E-state index contributed by atoms with van der Waals surface area (Å²) in [7, 11) is 0. The number of aliphatic carboxylic acids is 1. The third-order valence-corrected chi connectivity index (χ3v) is 2.58. The predicted molar refractivity (Wildman–Crippen MR) is 63.0 cm³/mol. The Morgan fingerprint density at radius 1 is 1.17 bits per heavy atom. The summed E-state index contributed by atoms with van der Waals surface area (Å²) < 4.78 is 10.7. The Bertz CT molecular complexity index is 497. The van der Waals surface area contributed by atoms with Gasteiger partial charge in [-0.15, -0.1) is 0 Å². The van der Waals surface area contributed by atoms with Crippen molar-refractivity contribution in [3.8, 4) is 11.5 Å². The van der Waals surface area contributed by atoms with Gasteiger partial charge < -0.3 is 20.3 Å². The number of hydrogen-bond acceptors (Lipinski definition) is 5. The number of carboxylic acids is 1. The average Bonchev–Trinajstić information content (AvgIpc) is 2.35. The molecule has 0 aliphatic carbocycles. The summed E-state index contributed by atoms with van der Waals surface area (Å²) in [6.45, 7) is 0.860. The number of nitrogen functional groups attached to an aromatic ring is 1. The van der Waals surface area contributed by atoms with Gasteiger partial charge in [0.1, 0.15) is 13.2 Å².